The third kappa shape index (κ3) is 4.64. The molecule has 1 saturated heterocycles. The fraction of sp³-hybridized carbons (Fsp3) is 0.273. The second-order valence-electron chi connectivity index (χ2n) is 7.11. The molecule has 0 bridgehead atoms. The minimum atomic E-state index is -0.947. The quantitative estimate of drug-likeness (QED) is 0.706. The van der Waals surface area contributed by atoms with Crippen molar-refractivity contribution in [1.82, 2.24) is 15.2 Å². The van der Waals surface area contributed by atoms with Crippen molar-refractivity contribution < 1.29 is 9.18 Å². The van der Waals surface area contributed by atoms with Crippen LogP contribution in [0.1, 0.15) is 22.3 Å². The number of likely N-dealkylation sites (tertiary alicyclic amines) is 1. The van der Waals surface area contributed by atoms with Crippen LogP contribution in [-0.4, -0.2) is 41.1 Å². The number of rotatable bonds is 5. The van der Waals surface area contributed by atoms with E-state index in [4.69, 9.17) is 0 Å². The first-order chi connectivity index (χ1) is 13.7. The molecule has 4 nitrogen and oxygen atoms in total. The molecule has 28 heavy (non-hydrogen) atoms. The summed E-state index contributed by atoms with van der Waals surface area (Å²) in [5.74, 6) is -0.154. The highest BCUT2D eigenvalue weighted by Gasteiger charge is 2.28. The Kier molecular flexibility index (Phi) is 5.78. The Balaban J connectivity index is 1.38. The van der Waals surface area contributed by atoms with E-state index >= 15 is 0 Å². The van der Waals surface area contributed by atoms with Gasteiger partial charge in [-0.15, -0.1) is 11.3 Å². The van der Waals surface area contributed by atoms with Gasteiger partial charge in [0.05, 0.1) is 0 Å². The Morgan fingerprint density at radius 2 is 2.04 bits per heavy atom. The van der Waals surface area contributed by atoms with Crippen molar-refractivity contribution in [3.63, 3.8) is 0 Å². The summed E-state index contributed by atoms with van der Waals surface area (Å²) >= 11 is 1.67. The predicted octanol–water partition coefficient (Wildman–Crippen LogP) is 4.15. The van der Waals surface area contributed by atoms with Gasteiger partial charge >= 0.3 is 0 Å². The predicted molar refractivity (Wildman–Crippen MR) is 110 cm³/mol. The highest BCUT2D eigenvalue weighted by atomic mass is 32.1. The fourth-order valence-corrected chi connectivity index (χ4v) is 4.34. The van der Waals surface area contributed by atoms with Crippen LogP contribution in [0.15, 0.2) is 66.3 Å². The van der Waals surface area contributed by atoms with Crippen molar-refractivity contribution in [2.75, 3.05) is 13.1 Å². The van der Waals surface area contributed by atoms with Gasteiger partial charge in [0.15, 0.2) is 0 Å². The SMILES string of the molecule is O=C(N[C@H]1C[C@@H](F)CN(Cc2cccnc2)C1)c1ccc(-c2cccs2)cc1. The normalized spacial score (nSPS) is 20.0. The summed E-state index contributed by atoms with van der Waals surface area (Å²) in [6, 6.07) is 15.3. The zero-order chi connectivity index (χ0) is 19.3. The minimum absolute atomic E-state index is 0.154. The lowest BCUT2D eigenvalue weighted by Gasteiger charge is -2.35. The highest BCUT2D eigenvalue weighted by molar-refractivity contribution is 7.13. The average Bonchev–Trinajstić information content (AvgIpc) is 3.23. The molecule has 6 heteroatoms. The van der Waals surface area contributed by atoms with Gasteiger partial charge in [0.2, 0.25) is 0 Å². The molecule has 2 atom stereocenters. The lowest BCUT2D eigenvalue weighted by molar-refractivity contribution is 0.0808. The van der Waals surface area contributed by atoms with Crippen LogP contribution in [0.2, 0.25) is 0 Å². The Morgan fingerprint density at radius 1 is 1.18 bits per heavy atom. The smallest absolute Gasteiger partial charge is 0.251 e. The lowest BCUT2D eigenvalue weighted by Crippen LogP contribution is -2.51. The number of halogens is 1. The van der Waals surface area contributed by atoms with Crippen LogP contribution in [0, 0.1) is 0 Å². The molecule has 4 rings (SSSR count). The molecular formula is C22H22FN3OS. The van der Waals surface area contributed by atoms with E-state index in [1.165, 1.54) is 4.88 Å². The third-order valence-electron chi connectivity index (χ3n) is 4.89. The lowest BCUT2D eigenvalue weighted by atomic mass is 10.0. The molecule has 0 unspecified atom stereocenters. The molecule has 1 amide bonds. The fourth-order valence-electron chi connectivity index (χ4n) is 3.61. The molecule has 1 N–H and O–H groups in total. The van der Waals surface area contributed by atoms with Crippen molar-refractivity contribution in [2.24, 2.45) is 0 Å². The van der Waals surface area contributed by atoms with E-state index in [-0.39, 0.29) is 11.9 Å². The Labute approximate surface area is 168 Å². The number of nitrogens with one attached hydrogen (secondary N) is 1. The molecule has 1 aromatic carbocycles. The first kappa shape index (κ1) is 18.8. The van der Waals surface area contributed by atoms with Gasteiger partial charge in [0, 0.05) is 54.9 Å². The molecule has 0 saturated carbocycles. The second-order valence-corrected chi connectivity index (χ2v) is 8.06. The van der Waals surface area contributed by atoms with Crippen molar-refractivity contribution in [2.45, 2.75) is 25.2 Å². The number of aromatic nitrogens is 1. The van der Waals surface area contributed by atoms with E-state index in [9.17, 15) is 9.18 Å². The molecule has 1 aliphatic rings. The summed E-state index contributed by atoms with van der Waals surface area (Å²) in [5, 5.41) is 5.03. The number of pyridine rings is 1. The Hall–Kier alpha value is -2.57. The van der Waals surface area contributed by atoms with Gasteiger partial charge < -0.3 is 5.32 Å². The molecule has 0 aliphatic carbocycles. The zero-order valence-electron chi connectivity index (χ0n) is 15.4. The van der Waals surface area contributed by atoms with Gasteiger partial charge in [-0.25, -0.2) is 4.39 Å². The molecule has 3 heterocycles. The van der Waals surface area contributed by atoms with Crippen LogP contribution in [-0.2, 0) is 6.54 Å². The van der Waals surface area contributed by atoms with Crippen LogP contribution in [0.5, 0.6) is 0 Å². The maximum atomic E-state index is 14.2. The summed E-state index contributed by atoms with van der Waals surface area (Å²) in [6.45, 7) is 1.65. The maximum Gasteiger partial charge on any atom is 0.251 e. The molecule has 0 radical (unpaired) electrons. The third-order valence-corrected chi connectivity index (χ3v) is 5.81. The topological polar surface area (TPSA) is 45.2 Å². The molecule has 2 aromatic heterocycles. The highest BCUT2D eigenvalue weighted by Crippen LogP contribution is 2.25. The van der Waals surface area contributed by atoms with E-state index in [2.05, 4.69) is 16.4 Å². The van der Waals surface area contributed by atoms with E-state index in [0.29, 0.717) is 31.6 Å². The number of alkyl halides is 1. The molecule has 1 aliphatic heterocycles. The van der Waals surface area contributed by atoms with Crippen molar-refractivity contribution in [1.29, 1.82) is 0 Å². The van der Waals surface area contributed by atoms with Crippen molar-refractivity contribution >= 4 is 17.2 Å². The summed E-state index contributed by atoms with van der Waals surface area (Å²) in [7, 11) is 0. The van der Waals surface area contributed by atoms with Crippen LogP contribution in [0.25, 0.3) is 10.4 Å². The van der Waals surface area contributed by atoms with Crippen LogP contribution < -0.4 is 5.32 Å². The monoisotopic (exact) mass is 395 g/mol. The van der Waals surface area contributed by atoms with Crippen LogP contribution in [0.4, 0.5) is 4.39 Å². The number of nitrogens with zero attached hydrogens (tertiary/aromatic N) is 2. The first-order valence-corrected chi connectivity index (χ1v) is 10.3. The number of thiophene rings is 1. The number of hydrogen-bond donors (Lipinski definition) is 1. The van der Waals surface area contributed by atoms with E-state index in [0.717, 1.165) is 11.1 Å². The Morgan fingerprint density at radius 3 is 2.75 bits per heavy atom. The zero-order valence-corrected chi connectivity index (χ0v) is 16.2. The van der Waals surface area contributed by atoms with Crippen molar-refractivity contribution in [3.8, 4) is 10.4 Å². The summed E-state index contributed by atoms with van der Waals surface area (Å²) in [5.41, 5.74) is 2.74. The van der Waals surface area contributed by atoms with E-state index < -0.39 is 6.17 Å². The molecular weight excluding hydrogens is 373 g/mol. The van der Waals surface area contributed by atoms with Gasteiger partial charge in [0.1, 0.15) is 6.17 Å². The van der Waals surface area contributed by atoms with E-state index in [1.807, 2.05) is 52.7 Å². The molecule has 144 valence electrons. The largest absolute Gasteiger partial charge is 0.348 e. The van der Waals surface area contributed by atoms with Gasteiger partial charge in [-0.05, 0) is 40.8 Å². The molecule has 3 aromatic rings. The van der Waals surface area contributed by atoms with Gasteiger partial charge in [-0.2, -0.15) is 0 Å². The second kappa shape index (κ2) is 8.63. The number of hydrogen-bond acceptors (Lipinski definition) is 4. The van der Waals surface area contributed by atoms with Gasteiger partial charge in [-0.1, -0.05) is 24.3 Å². The summed E-state index contributed by atoms with van der Waals surface area (Å²) in [6.07, 6.45) is 2.93. The number of benzene rings is 1. The van der Waals surface area contributed by atoms with Crippen LogP contribution in [0.3, 0.4) is 0 Å². The number of carbonyl (C=O) groups excluding carboxylic acids is 1. The van der Waals surface area contributed by atoms with Gasteiger partial charge in [-0.3, -0.25) is 14.7 Å². The average molecular weight is 396 g/mol. The minimum Gasteiger partial charge on any atom is -0.348 e. The van der Waals surface area contributed by atoms with Crippen molar-refractivity contribution in [3.05, 3.63) is 77.4 Å². The van der Waals surface area contributed by atoms with E-state index in [1.54, 1.807) is 23.7 Å². The molecule has 0 spiro atoms. The number of carbonyl (C=O) groups is 1. The first-order valence-electron chi connectivity index (χ1n) is 9.37. The number of piperidine rings is 1. The number of amides is 1. The summed E-state index contributed by atoms with van der Waals surface area (Å²) < 4.78 is 14.2. The maximum absolute atomic E-state index is 14.2. The van der Waals surface area contributed by atoms with Gasteiger partial charge in [0.25, 0.3) is 5.91 Å². The molecule has 1 fully saturated rings. The van der Waals surface area contributed by atoms with Crippen LogP contribution >= 0.6 is 11.3 Å². The summed E-state index contributed by atoms with van der Waals surface area (Å²) in [4.78, 5) is 19.9. The Bertz CT molecular complexity index is 899. The standard InChI is InChI=1S/C22H22FN3OS/c23-19-11-20(15-26(14-19)13-16-3-1-9-24-12-16)25-22(27)18-7-5-17(6-8-18)21-4-2-10-28-21/h1-10,12,19-20H,11,13-15H2,(H,25,27)/t19-,20+/m1/s1.